The number of halogens is 6. The molecule has 1 aliphatic rings. The third-order valence-electron chi connectivity index (χ3n) is 5.54. The molecule has 0 aliphatic heterocycles. The molecule has 1 aliphatic carbocycles. The highest BCUT2D eigenvalue weighted by Gasteiger charge is 2.80. The Kier molecular flexibility index (Phi) is 6.62. The first-order valence-electron chi connectivity index (χ1n) is 10.2. The largest absolute Gasteiger partial charge is 0.381 e. The van der Waals surface area contributed by atoms with Crippen molar-refractivity contribution in [3.8, 4) is 17.2 Å². The van der Waals surface area contributed by atoms with Gasteiger partial charge in [0.15, 0.2) is 0 Å². The minimum Gasteiger partial charge on any atom is -0.194 e. The molecule has 0 saturated carbocycles. The number of rotatable bonds is 8. The molecule has 0 saturated heterocycles. The van der Waals surface area contributed by atoms with Crippen molar-refractivity contribution in [1.82, 2.24) is 0 Å². The first-order valence-corrected chi connectivity index (χ1v) is 11.0. The van der Waals surface area contributed by atoms with Crippen LogP contribution in [0.4, 0.5) is 26.3 Å². The number of alkyl halides is 6. The van der Waals surface area contributed by atoms with Crippen molar-refractivity contribution in [2.75, 3.05) is 0 Å². The van der Waals surface area contributed by atoms with E-state index in [9.17, 15) is 31.6 Å². The van der Waals surface area contributed by atoms with Gasteiger partial charge in [-0.2, -0.15) is 31.6 Å². The van der Waals surface area contributed by atoms with Crippen LogP contribution < -0.4 is 0 Å². The van der Waals surface area contributed by atoms with Crippen molar-refractivity contribution in [1.29, 1.82) is 5.26 Å². The Bertz CT molecular complexity index is 1080. The Hall–Kier alpha value is -2.53. The highest BCUT2D eigenvalue weighted by atomic mass is 32.1. The maximum Gasteiger partial charge on any atom is 0.381 e. The van der Waals surface area contributed by atoms with Crippen LogP contribution in [0.2, 0.25) is 0 Å². The molecule has 0 amide bonds. The molecule has 0 radical (unpaired) electrons. The van der Waals surface area contributed by atoms with Crippen LogP contribution in [-0.4, -0.2) is 17.8 Å². The average molecular weight is 469 g/mol. The fourth-order valence-electron chi connectivity index (χ4n) is 3.92. The summed E-state index contributed by atoms with van der Waals surface area (Å²) in [6.45, 7) is 5.68. The molecule has 0 fully saturated rings. The van der Waals surface area contributed by atoms with Crippen molar-refractivity contribution in [2.24, 2.45) is 0 Å². The lowest BCUT2D eigenvalue weighted by atomic mass is 9.90. The van der Waals surface area contributed by atoms with E-state index in [-0.39, 0.29) is 16.9 Å². The number of aryl methyl sites for hydroxylation is 1. The number of hydrogen-bond donors (Lipinski definition) is 0. The summed E-state index contributed by atoms with van der Waals surface area (Å²) in [5.74, 6) is -16.2. The molecule has 1 heterocycles. The molecule has 0 unspecified atom stereocenters. The Morgan fingerprint density at radius 2 is 1.62 bits per heavy atom. The minimum absolute atomic E-state index is 0.118. The minimum atomic E-state index is -5.72. The Morgan fingerprint density at radius 1 is 0.969 bits per heavy atom. The van der Waals surface area contributed by atoms with Crippen LogP contribution in [0.3, 0.4) is 0 Å². The first-order chi connectivity index (χ1) is 15.1. The summed E-state index contributed by atoms with van der Waals surface area (Å²) in [4.78, 5) is 0.668. The molecule has 0 bridgehead atoms. The molecule has 1 nitrogen and oxygen atoms in total. The lowest BCUT2D eigenvalue weighted by molar-refractivity contribution is -0.258. The number of unbranched alkanes of at least 4 members (excludes halogenated alkanes) is 3. The van der Waals surface area contributed by atoms with E-state index in [4.69, 9.17) is 0 Å². The van der Waals surface area contributed by atoms with E-state index in [1.807, 2.05) is 6.92 Å². The molecule has 3 rings (SSSR count). The highest BCUT2D eigenvalue weighted by Crippen LogP contribution is 2.63. The molecule has 1 aromatic carbocycles. The van der Waals surface area contributed by atoms with Gasteiger partial charge in [0.2, 0.25) is 0 Å². The standard InChI is InChI=1S/C24H21F6NS/c1-3-5-6-10-13-18-20(19(17(4-2)32-18)15-11-8-7-9-12-15)21-16(14-31)22(25,26)24(29,30)23(21,27)28/h4,7-9,11-12H,2-3,5-6,10,13H2,1H3. The van der Waals surface area contributed by atoms with Crippen LogP contribution in [0.5, 0.6) is 0 Å². The smallest absolute Gasteiger partial charge is 0.194 e. The quantitative estimate of drug-likeness (QED) is 0.281. The summed E-state index contributed by atoms with van der Waals surface area (Å²) in [7, 11) is 0. The summed E-state index contributed by atoms with van der Waals surface area (Å²) < 4.78 is 87.3. The molecule has 0 spiro atoms. The number of nitrogens with zero attached hydrogens (tertiary/aromatic N) is 1. The first kappa shape index (κ1) is 24.1. The van der Waals surface area contributed by atoms with E-state index in [1.165, 1.54) is 6.08 Å². The van der Waals surface area contributed by atoms with E-state index in [2.05, 4.69) is 6.58 Å². The van der Waals surface area contributed by atoms with Crippen LogP contribution in [0.25, 0.3) is 22.8 Å². The zero-order chi connectivity index (χ0) is 23.7. The van der Waals surface area contributed by atoms with Crippen LogP contribution in [0, 0.1) is 11.3 Å². The van der Waals surface area contributed by atoms with Crippen molar-refractivity contribution >= 4 is 23.0 Å². The van der Waals surface area contributed by atoms with Gasteiger partial charge < -0.3 is 0 Å². The van der Waals surface area contributed by atoms with Gasteiger partial charge in [0.25, 0.3) is 0 Å². The normalized spacial score (nSPS) is 18.6. The Morgan fingerprint density at radius 3 is 2.19 bits per heavy atom. The van der Waals surface area contributed by atoms with E-state index in [0.717, 1.165) is 36.7 Å². The molecule has 2 aromatic rings. The second-order valence-electron chi connectivity index (χ2n) is 7.61. The molecule has 1 aromatic heterocycles. The fraction of sp³-hybridized carbons (Fsp3) is 0.375. The van der Waals surface area contributed by atoms with Crippen LogP contribution in [-0.2, 0) is 6.42 Å². The molecule has 170 valence electrons. The van der Waals surface area contributed by atoms with E-state index >= 15 is 0 Å². The second-order valence-corrected chi connectivity index (χ2v) is 8.74. The van der Waals surface area contributed by atoms with E-state index < -0.39 is 34.5 Å². The van der Waals surface area contributed by atoms with Gasteiger partial charge in [-0.25, -0.2) is 0 Å². The lowest BCUT2D eigenvalue weighted by Gasteiger charge is -2.25. The maximum atomic E-state index is 15.0. The topological polar surface area (TPSA) is 23.8 Å². The summed E-state index contributed by atoms with van der Waals surface area (Å²) >= 11 is 1.05. The summed E-state index contributed by atoms with van der Waals surface area (Å²) in [6.07, 6.45) is 4.78. The van der Waals surface area contributed by atoms with Gasteiger partial charge >= 0.3 is 17.8 Å². The number of allylic oxidation sites excluding steroid dienone is 2. The van der Waals surface area contributed by atoms with Gasteiger partial charge in [0.05, 0.1) is 5.57 Å². The summed E-state index contributed by atoms with van der Waals surface area (Å²) in [5.41, 5.74) is -3.35. The van der Waals surface area contributed by atoms with Gasteiger partial charge in [0.1, 0.15) is 11.6 Å². The Balaban J connectivity index is 2.36. The van der Waals surface area contributed by atoms with Gasteiger partial charge in [0, 0.05) is 20.9 Å². The third kappa shape index (κ3) is 3.57. The molecule has 0 N–H and O–H groups in total. The van der Waals surface area contributed by atoms with E-state index in [0.29, 0.717) is 16.9 Å². The molecule has 8 heteroatoms. The number of thiophene rings is 1. The SMILES string of the molecule is C=Cc1sc(CCCCCC)c(C2=C(C#N)C(F)(F)C(F)(F)C2(F)F)c1-c1ccccc1. The van der Waals surface area contributed by atoms with Crippen molar-refractivity contribution in [3.05, 3.63) is 57.8 Å². The van der Waals surface area contributed by atoms with Gasteiger partial charge in [-0.15, -0.1) is 11.3 Å². The van der Waals surface area contributed by atoms with Crippen LogP contribution in [0.15, 0.2) is 42.5 Å². The monoisotopic (exact) mass is 469 g/mol. The molecule has 0 atom stereocenters. The predicted octanol–water partition coefficient (Wildman–Crippen LogP) is 8.38. The second kappa shape index (κ2) is 8.78. The van der Waals surface area contributed by atoms with E-state index in [1.54, 1.807) is 30.3 Å². The maximum absolute atomic E-state index is 15.0. The summed E-state index contributed by atoms with van der Waals surface area (Å²) in [6, 6.07) is 9.06. The zero-order valence-corrected chi connectivity index (χ0v) is 18.1. The van der Waals surface area contributed by atoms with Crippen molar-refractivity contribution in [3.63, 3.8) is 0 Å². The zero-order valence-electron chi connectivity index (χ0n) is 17.3. The average Bonchev–Trinajstić information content (AvgIpc) is 3.16. The number of benzene rings is 1. The van der Waals surface area contributed by atoms with Crippen LogP contribution in [0.1, 0.15) is 47.9 Å². The van der Waals surface area contributed by atoms with Crippen molar-refractivity contribution < 1.29 is 26.3 Å². The molecular formula is C24H21F6NS. The molecular weight excluding hydrogens is 448 g/mol. The Labute approximate surface area is 186 Å². The highest BCUT2D eigenvalue weighted by molar-refractivity contribution is 7.13. The summed E-state index contributed by atoms with van der Waals surface area (Å²) in [5, 5.41) is 9.29. The van der Waals surface area contributed by atoms with Crippen molar-refractivity contribution in [2.45, 2.75) is 56.8 Å². The predicted molar refractivity (Wildman–Crippen MR) is 115 cm³/mol. The number of hydrogen-bond acceptors (Lipinski definition) is 2. The van der Waals surface area contributed by atoms with Gasteiger partial charge in [-0.3, -0.25) is 0 Å². The molecule has 32 heavy (non-hydrogen) atoms. The van der Waals surface area contributed by atoms with Gasteiger partial charge in [-0.1, -0.05) is 69.2 Å². The van der Waals surface area contributed by atoms with Gasteiger partial charge in [-0.05, 0) is 18.4 Å². The third-order valence-corrected chi connectivity index (χ3v) is 6.79. The fourth-order valence-corrected chi connectivity index (χ4v) is 5.14. The number of nitriles is 1. The lowest BCUT2D eigenvalue weighted by Crippen LogP contribution is -2.49. The van der Waals surface area contributed by atoms with Crippen LogP contribution >= 0.6 is 11.3 Å².